The van der Waals surface area contributed by atoms with E-state index in [2.05, 4.69) is 6.58 Å². The van der Waals surface area contributed by atoms with Gasteiger partial charge in [-0.25, -0.2) is 0 Å². The van der Waals surface area contributed by atoms with E-state index in [4.69, 9.17) is 14.2 Å². The fourth-order valence-corrected chi connectivity index (χ4v) is 3.80. The molecule has 0 spiro atoms. The second-order valence-corrected chi connectivity index (χ2v) is 7.33. The van der Waals surface area contributed by atoms with Crippen LogP contribution in [0.1, 0.15) is 28.1 Å². The van der Waals surface area contributed by atoms with Crippen LogP contribution in [0, 0.1) is 0 Å². The molecule has 1 aromatic carbocycles. The van der Waals surface area contributed by atoms with Crippen molar-refractivity contribution in [1.29, 1.82) is 0 Å². The SMILES string of the molecule is C=CCOc1ccc(CN(C[C@@H]2CCCO2)C(=O)c2cccs2)cc1OC. The molecule has 0 radical (unpaired) electrons. The number of methoxy groups -OCH3 is 1. The summed E-state index contributed by atoms with van der Waals surface area (Å²) < 4.78 is 16.8. The molecule has 3 rings (SSSR count). The number of hydrogen-bond donors (Lipinski definition) is 0. The summed E-state index contributed by atoms with van der Waals surface area (Å²) in [5.74, 6) is 1.35. The molecule has 0 N–H and O–H groups in total. The molecule has 1 saturated heterocycles. The van der Waals surface area contributed by atoms with Gasteiger partial charge < -0.3 is 19.1 Å². The van der Waals surface area contributed by atoms with Crippen molar-refractivity contribution in [3.05, 3.63) is 58.8 Å². The van der Waals surface area contributed by atoms with Gasteiger partial charge in [0.25, 0.3) is 5.91 Å². The largest absolute Gasteiger partial charge is 0.493 e. The lowest BCUT2D eigenvalue weighted by atomic mass is 10.1. The van der Waals surface area contributed by atoms with Crippen LogP contribution in [0.5, 0.6) is 11.5 Å². The van der Waals surface area contributed by atoms with Crippen molar-refractivity contribution in [2.75, 3.05) is 26.9 Å². The Bertz CT molecular complexity index is 754. The highest BCUT2D eigenvalue weighted by molar-refractivity contribution is 7.12. The third-order valence-corrected chi connectivity index (χ3v) is 5.28. The minimum atomic E-state index is 0.0338. The maximum absolute atomic E-state index is 13.0. The Morgan fingerprint density at radius 1 is 1.41 bits per heavy atom. The average molecular weight is 388 g/mol. The summed E-state index contributed by atoms with van der Waals surface area (Å²) in [6, 6.07) is 9.52. The third-order valence-electron chi connectivity index (χ3n) is 4.43. The first-order valence-corrected chi connectivity index (χ1v) is 9.94. The van der Waals surface area contributed by atoms with E-state index in [1.165, 1.54) is 11.3 Å². The quantitative estimate of drug-likeness (QED) is 0.607. The molecule has 5 nitrogen and oxygen atoms in total. The van der Waals surface area contributed by atoms with Gasteiger partial charge in [0, 0.05) is 19.7 Å². The number of carbonyl (C=O) groups excluding carboxylic acids is 1. The first-order valence-electron chi connectivity index (χ1n) is 9.06. The number of benzene rings is 1. The summed E-state index contributed by atoms with van der Waals surface area (Å²) >= 11 is 1.46. The number of nitrogens with zero attached hydrogens (tertiary/aromatic N) is 1. The summed E-state index contributed by atoms with van der Waals surface area (Å²) in [7, 11) is 1.61. The van der Waals surface area contributed by atoms with Crippen LogP contribution < -0.4 is 9.47 Å². The number of rotatable bonds is 9. The molecule has 0 unspecified atom stereocenters. The predicted octanol–water partition coefficient (Wildman–Crippen LogP) is 4.14. The summed E-state index contributed by atoms with van der Waals surface area (Å²) in [5, 5.41) is 1.92. The van der Waals surface area contributed by atoms with Crippen molar-refractivity contribution < 1.29 is 19.0 Å². The van der Waals surface area contributed by atoms with Crippen molar-refractivity contribution in [3.63, 3.8) is 0 Å². The summed E-state index contributed by atoms with van der Waals surface area (Å²) in [6.45, 7) is 5.93. The Labute approximate surface area is 164 Å². The van der Waals surface area contributed by atoms with Crippen LogP contribution in [0.3, 0.4) is 0 Å². The van der Waals surface area contributed by atoms with Gasteiger partial charge in [0.1, 0.15) is 6.61 Å². The monoisotopic (exact) mass is 387 g/mol. The Kier molecular flexibility index (Phi) is 6.90. The van der Waals surface area contributed by atoms with Gasteiger partial charge in [0.15, 0.2) is 11.5 Å². The highest BCUT2D eigenvalue weighted by atomic mass is 32.1. The summed E-state index contributed by atoms with van der Waals surface area (Å²) in [4.78, 5) is 15.6. The van der Waals surface area contributed by atoms with Gasteiger partial charge >= 0.3 is 0 Å². The smallest absolute Gasteiger partial charge is 0.264 e. The lowest BCUT2D eigenvalue weighted by Gasteiger charge is -2.25. The normalized spacial score (nSPS) is 16.1. The molecule has 6 heteroatoms. The maximum Gasteiger partial charge on any atom is 0.264 e. The number of thiophene rings is 1. The Morgan fingerprint density at radius 2 is 2.30 bits per heavy atom. The molecule has 2 aromatic rings. The third kappa shape index (κ3) is 5.11. The van der Waals surface area contributed by atoms with Gasteiger partial charge in [-0.1, -0.05) is 24.8 Å². The molecule has 1 aromatic heterocycles. The van der Waals surface area contributed by atoms with Gasteiger partial charge in [-0.15, -0.1) is 11.3 Å². The van der Waals surface area contributed by atoms with E-state index in [1.807, 2.05) is 40.6 Å². The van der Waals surface area contributed by atoms with E-state index in [0.717, 1.165) is 29.9 Å². The molecule has 0 saturated carbocycles. The molecule has 0 bridgehead atoms. The molecule has 1 amide bonds. The van der Waals surface area contributed by atoms with E-state index in [1.54, 1.807) is 13.2 Å². The molecule has 2 heterocycles. The zero-order chi connectivity index (χ0) is 19.1. The van der Waals surface area contributed by atoms with E-state index >= 15 is 0 Å². The zero-order valence-corrected chi connectivity index (χ0v) is 16.4. The Balaban J connectivity index is 1.78. The highest BCUT2D eigenvalue weighted by Gasteiger charge is 2.24. The van der Waals surface area contributed by atoms with Crippen LogP contribution in [0.25, 0.3) is 0 Å². The topological polar surface area (TPSA) is 48.0 Å². The Hall–Kier alpha value is -2.31. The minimum Gasteiger partial charge on any atom is -0.493 e. The second kappa shape index (κ2) is 9.58. The lowest BCUT2D eigenvalue weighted by molar-refractivity contribution is 0.0511. The number of hydrogen-bond acceptors (Lipinski definition) is 5. The molecular weight excluding hydrogens is 362 g/mol. The van der Waals surface area contributed by atoms with Gasteiger partial charge in [-0.3, -0.25) is 4.79 Å². The second-order valence-electron chi connectivity index (χ2n) is 6.38. The van der Waals surface area contributed by atoms with E-state index in [0.29, 0.717) is 31.2 Å². The first kappa shape index (κ1) is 19.5. The van der Waals surface area contributed by atoms with E-state index < -0.39 is 0 Å². The van der Waals surface area contributed by atoms with Crippen LogP contribution in [0.2, 0.25) is 0 Å². The standard InChI is InChI=1S/C21H25NO4S/c1-3-10-26-18-9-8-16(13-19(18)24-2)14-22(15-17-6-4-11-25-17)21(23)20-7-5-12-27-20/h3,5,7-9,12-13,17H,1,4,6,10-11,14-15H2,2H3/t17-/m0/s1. The lowest BCUT2D eigenvalue weighted by Crippen LogP contribution is -2.36. The van der Waals surface area contributed by atoms with Crippen molar-refractivity contribution in [3.8, 4) is 11.5 Å². The van der Waals surface area contributed by atoms with Gasteiger partial charge in [-0.05, 0) is 42.0 Å². The number of ether oxygens (including phenoxy) is 3. The van der Waals surface area contributed by atoms with E-state index in [-0.39, 0.29) is 12.0 Å². The van der Waals surface area contributed by atoms with Crippen LogP contribution in [0.4, 0.5) is 0 Å². The van der Waals surface area contributed by atoms with Crippen LogP contribution >= 0.6 is 11.3 Å². The Morgan fingerprint density at radius 3 is 2.96 bits per heavy atom. The molecule has 144 valence electrons. The van der Waals surface area contributed by atoms with Crippen molar-refractivity contribution in [2.45, 2.75) is 25.5 Å². The highest BCUT2D eigenvalue weighted by Crippen LogP contribution is 2.29. The minimum absolute atomic E-state index is 0.0338. The van der Waals surface area contributed by atoms with Crippen LogP contribution in [0.15, 0.2) is 48.4 Å². The summed E-state index contributed by atoms with van der Waals surface area (Å²) in [5.41, 5.74) is 0.987. The van der Waals surface area contributed by atoms with Gasteiger partial charge in [0.2, 0.25) is 0 Å². The van der Waals surface area contributed by atoms with Gasteiger partial charge in [0.05, 0.1) is 18.1 Å². The average Bonchev–Trinajstić information content (AvgIpc) is 3.39. The zero-order valence-electron chi connectivity index (χ0n) is 15.6. The van der Waals surface area contributed by atoms with Crippen molar-refractivity contribution in [1.82, 2.24) is 4.90 Å². The van der Waals surface area contributed by atoms with Crippen molar-refractivity contribution >= 4 is 17.2 Å². The number of amides is 1. The molecule has 0 aliphatic carbocycles. The molecule has 1 fully saturated rings. The summed E-state index contributed by atoms with van der Waals surface area (Å²) in [6.07, 6.45) is 3.84. The van der Waals surface area contributed by atoms with Crippen molar-refractivity contribution in [2.24, 2.45) is 0 Å². The van der Waals surface area contributed by atoms with Crippen LogP contribution in [-0.4, -0.2) is 43.8 Å². The molecule has 1 aliphatic heterocycles. The molecule has 1 aliphatic rings. The van der Waals surface area contributed by atoms with Crippen LogP contribution in [-0.2, 0) is 11.3 Å². The maximum atomic E-state index is 13.0. The molecular formula is C21H25NO4S. The van der Waals surface area contributed by atoms with E-state index in [9.17, 15) is 4.79 Å². The molecule has 1 atom stereocenters. The first-order chi connectivity index (χ1) is 13.2. The molecule has 27 heavy (non-hydrogen) atoms. The number of carbonyl (C=O) groups is 1. The predicted molar refractivity (Wildman–Crippen MR) is 107 cm³/mol. The van der Waals surface area contributed by atoms with Gasteiger partial charge in [-0.2, -0.15) is 0 Å². The fourth-order valence-electron chi connectivity index (χ4n) is 3.11. The fraction of sp³-hybridized carbons (Fsp3) is 0.381.